The SMILES string of the molecule is COc1ccccc1NCc1cc(=O)n2[nH]c(-c3ccc(Cl)cc3)nc2n1. The molecule has 2 aromatic heterocycles. The minimum Gasteiger partial charge on any atom is -0.495 e. The van der Waals surface area contributed by atoms with Gasteiger partial charge in [-0.1, -0.05) is 23.7 Å². The molecule has 2 heterocycles. The van der Waals surface area contributed by atoms with Gasteiger partial charge in [0.1, 0.15) is 5.75 Å². The van der Waals surface area contributed by atoms with Gasteiger partial charge >= 0.3 is 0 Å². The minimum atomic E-state index is -0.232. The van der Waals surface area contributed by atoms with Crippen LogP contribution in [-0.2, 0) is 6.54 Å². The zero-order valence-electron chi connectivity index (χ0n) is 14.4. The van der Waals surface area contributed by atoms with Gasteiger partial charge in [-0.05, 0) is 36.4 Å². The van der Waals surface area contributed by atoms with Gasteiger partial charge < -0.3 is 10.1 Å². The number of para-hydroxylation sites is 2. The Morgan fingerprint density at radius 3 is 2.70 bits per heavy atom. The molecule has 8 heteroatoms. The molecule has 0 aliphatic carbocycles. The molecule has 2 aromatic carbocycles. The fraction of sp³-hybridized carbons (Fsp3) is 0.105. The molecule has 0 atom stereocenters. The van der Waals surface area contributed by atoms with Crippen LogP contribution in [0.2, 0.25) is 5.02 Å². The number of ether oxygens (including phenoxy) is 1. The van der Waals surface area contributed by atoms with Crippen LogP contribution in [0.4, 0.5) is 5.69 Å². The Bertz CT molecular complexity index is 1150. The highest BCUT2D eigenvalue weighted by molar-refractivity contribution is 6.30. The number of aromatic nitrogens is 4. The first kappa shape index (κ1) is 17.1. The second-order valence-corrected chi connectivity index (χ2v) is 6.29. The molecule has 0 fully saturated rings. The standard InChI is InChI=1S/C19H16ClN5O2/c1-27-16-5-3-2-4-15(16)21-11-14-10-17(26)25-19(22-14)23-18(24-25)12-6-8-13(20)9-7-12/h2-10,21H,11H2,1H3,(H,22,23,24). The molecule has 4 aromatic rings. The Hall–Kier alpha value is -3.32. The molecule has 136 valence electrons. The number of hydrogen-bond donors (Lipinski definition) is 2. The minimum absolute atomic E-state index is 0.232. The maximum atomic E-state index is 12.4. The maximum Gasteiger partial charge on any atom is 0.274 e. The molecule has 0 radical (unpaired) electrons. The summed E-state index contributed by atoms with van der Waals surface area (Å²) in [6.45, 7) is 0.370. The molecule has 0 saturated carbocycles. The lowest BCUT2D eigenvalue weighted by Crippen LogP contribution is -2.17. The summed E-state index contributed by atoms with van der Waals surface area (Å²) in [5.41, 5.74) is 1.99. The lowest BCUT2D eigenvalue weighted by atomic mass is 10.2. The van der Waals surface area contributed by atoms with Crippen molar-refractivity contribution in [2.75, 3.05) is 12.4 Å². The van der Waals surface area contributed by atoms with Crippen LogP contribution in [-0.4, -0.2) is 26.7 Å². The third-order valence-corrected chi connectivity index (χ3v) is 4.32. The largest absolute Gasteiger partial charge is 0.495 e. The summed E-state index contributed by atoms with van der Waals surface area (Å²) in [7, 11) is 1.61. The summed E-state index contributed by atoms with van der Waals surface area (Å²) in [5, 5.41) is 6.83. The lowest BCUT2D eigenvalue weighted by Gasteiger charge is -2.10. The van der Waals surface area contributed by atoms with Gasteiger partial charge in [0.15, 0.2) is 5.82 Å². The van der Waals surface area contributed by atoms with Gasteiger partial charge in [-0.15, -0.1) is 0 Å². The Labute approximate surface area is 159 Å². The van der Waals surface area contributed by atoms with Gasteiger partial charge in [0.2, 0.25) is 0 Å². The average Bonchev–Trinajstić information content (AvgIpc) is 3.12. The van der Waals surface area contributed by atoms with E-state index < -0.39 is 0 Å². The van der Waals surface area contributed by atoms with Crippen molar-refractivity contribution in [1.82, 2.24) is 19.6 Å². The number of hydrogen-bond acceptors (Lipinski definition) is 5. The monoisotopic (exact) mass is 381 g/mol. The molecule has 0 bridgehead atoms. The molecule has 0 unspecified atom stereocenters. The Morgan fingerprint density at radius 1 is 1.15 bits per heavy atom. The van der Waals surface area contributed by atoms with Gasteiger partial charge in [-0.25, -0.2) is 4.98 Å². The predicted octanol–water partition coefficient (Wildman–Crippen LogP) is 3.36. The molecule has 4 rings (SSSR count). The zero-order valence-corrected chi connectivity index (χ0v) is 15.2. The lowest BCUT2D eigenvalue weighted by molar-refractivity contribution is 0.416. The topological polar surface area (TPSA) is 84.3 Å². The maximum absolute atomic E-state index is 12.4. The van der Waals surface area contributed by atoms with Gasteiger partial charge in [-0.2, -0.15) is 9.50 Å². The van der Waals surface area contributed by atoms with E-state index in [0.29, 0.717) is 28.9 Å². The number of methoxy groups -OCH3 is 1. The fourth-order valence-corrected chi connectivity index (χ4v) is 2.86. The summed E-state index contributed by atoms with van der Waals surface area (Å²) < 4.78 is 6.63. The predicted molar refractivity (Wildman–Crippen MR) is 104 cm³/mol. The smallest absolute Gasteiger partial charge is 0.274 e. The molecule has 0 aliphatic heterocycles. The van der Waals surface area contributed by atoms with Crippen LogP contribution in [0, 0.1) is 0 Å². The Balaban J connectivity index is 1.63. The number of nitrogens with one attached hydrogen (secondary N) is 2. The molecule has 27 heavy (non-hydrogen) atoms. The molecule has 0 aliphatic rings. The van der Waals surface area contributed by atoms with Crippen LogP contribution < -0.4 is 15.6 Å². The van der Waals surface area contributed by atoms with Gasteiger partial charge in [0.05, 0.1) is 25.0 Å². The Kier molecular flexibility index (Phi) is 4.52. The molecular weight excluding hydrogens is 366 g/mol. The summed E-state index contributed by atoms with van der Waals surface area (Å²) >= 11 is 5.92. The summed E-state index contributed by atoms with van der Waals surface area (Å²) in [5.74, 6) is 1.58. The highest BCUT2D eigenvalue weighted by Crippen LogP contribution is 2.23. The molecule has 0 saturated heterocycles. The number of aromatic amines is 1. The summed E-state index contributed by atoms with van der Waals surface area (Å²) in [6, 6.07) is 16.2. The zero-order chi connectivity index (χ0) is 18.8. The van der Waals surface area contributed by atoms with Gasteiger partial charge in [-0.3, -0.25) is 9.89 Å². The average molecular weight is 382 g/mol. The molecular formula is C19H16ClN5O2. The van der Waals surface area contributed by atoms with E-state index in [-0.39, 0.29) is 5.56 Å². The van der Waals surface area contributed by atoms with E-state index in [1.54, 1.807) is 19.2 Å². The third kappa shape index (κ3) is 3.50. The van der Waals surface area contributed by atoms with E-state index in [0.717, 1.165) is 17.0 Å². The van der Waals surface area contributed by atoms with Crippen molar-refractivity contribution in [3.63, 3.8) is 0 Å². The number of H-pyrrole nitrogens is 1. The number of halogens is 1. The second kappa shape index (κ2) is 7.13. The fourth-order valence-electron chi connectivity index (χ4n) is 2.73. The molecule has 0 amide bonds. The molecule has 7 nitrogen and oxygen atoms in total. The van der Waals surface area contributed by atoms with Crippen molar-refractivity contribution in [2.24, 2.45) is 0 Å². The summed E-state index contributed by atoms with van der Waals surface area (Å²) in [6.07, 6.45) is 0. The molecule has 0 spiro atoms. The number of fused-ring (bicyclic) bond motifs is 1. The number of rotatable bonds is 5. The van der Waals surface area contributed by atoms with Crippen LogP contribution in [0.25, 0.3) is 17.2 Å². The highest BCUT2D eigenvalue weighted by atomic mass is 35.5. The first-order chi connectivity index (χ1) is 13.1. The Morgan fingerprint density at radius 2 is 1.93 bits per heavy atom. The van der Waals surface area contributed by atoms with Crippen molar-refractivity contribution < 1.29 is 4.74 Å². The van der Waals surface area contributed by atoms with Gasteiger partial charge in [0, 0.05) is 16.7 Å². The normalized spacial score (nSPS) is 10.9. The van der Waals surface area contributed by atoms with Crippen LogP contribution in [0.5, 0.6) is 5.75 Å². The van der Waals surface area contributed by atoms with Crippen molar-refractivity contribution >= 4 is 23.1 Å². The van der Waals surface area contributed by atoms with E-state index in [4.69, 9.17) is 16.3 Å². The number of nitrogens with zero attached hydrogens (tertiary/aromatic N) is 3. The first-order valence-electron chi connectivity index (χ1n) is 8.25. The van der Waals surface area contributed by atoms with Crippen LogP contribution in [0.15, 0.2) is 59.4 Å². The first-order valence-corrected chi connectivity index (χ1v) is 8.63. The van der Waals surface area contributed by atoms with Crippen molar-refractivity contribution in [3.8, 4) is 17.1 Å². The van der Waals surface area contributed by atoms with E-state index in [9.17, 15) is 4.79 Å². The number of anilines is 1. The quantitative estimate of drug-likeness (QED) is 0.553. The van der Waals surface area contributed by atoms with Crippen molar-refractivity contribution in [3.05, 3.63) is 75.7 Å². The number of benzene rings is 2. The van der Waals surface area contributed by atoms with Crippen LogP contribution >= 0.6 is 11.6 Å². The van der Waals surface area contributed by atoms with Crippen LogP contribution in [0.3, 0.4) is 0 Å². The second-order valence-electron chi connectivity index (χ2n) is 5.85. The summed E-state index contributed by atoms with van der Waals surface area (Å²) in [4.78, 5) is 21.3. The van der Waals surface area contributed by atoms with E-state index in [2.05, 4.69) is 20.4 Å². The van der Waals surface area contributed by atoms with Crippen LogP contribution in [0.1, 0.15) is 5.69 Å². The van der Waals surface area contributed by atoms with E-state index in [1.807, 2.05) is 36.4 Å². The van der Waals surface area contributed by atoms with Gasteiger partial charge in [0.25, 0.3) is 11.3 Å². The highest BCUT2D eigenvalue weighted by Gasteiger charge is 2.10. The van der Waals surface area contributed by atoms with Crippen molar-refractivity contribution in [1.29, 1.82) is 0 Å². The third-order valence-electron chi connectivity index (χ3n) is 4.07. The van der Waals surface area contributed by atoms with E-state index >= 15 is 0 Å². The van der Waals surface area contributed by atoms with Crippen molar-refractivity contribution in [2.45, 2.75) is 6.54 Å². The molecule has 2 N–H and O–H groups in total. The van der Waals surface area contributed by atoms with E-state index in [1.165, 1.54) is 10.6 Å².